The Hall–Kier alpha value is -4.37. The predicted octanol–water partition coefficient (Wildman–Crippen LogP) is 2.70. The van der Waals surface area contributed by atoms with Crippen LogP contribution < -0.4 is 21.2 Å². The van der Waals surface area contributed by atoms with Gasteiger partial charge < -0.3 is 15.5 Å². The third-order valence-electron chi connectivity index (χ3n) is 8.01. The molecule has 1 aromatic carbocycles. The van der Waals surface area contributed by atoms with E-state index in [1.54, 1.807) is 12.1 Å². The van der Waals surface area contributed by atoms with Crippen LogP contribution in [0.15, 0.2) is 28.0 Å². The highest BCUT2D eigenvalue weighted by Gasteiger charge is 2.31. The van der Waals surface area contributed by atoms with Crippen LogP contribution in [0.3, 0.4) is 0 Å². The minimum absolute atomic E-state index is 0.0288. The zero-order valence-electron chi connectivity index (χ0n) is 22.4. The number of nitrogens with zero attached hydrogens (tertiary/aromatic N) is 7. The Morgan fingerprint density at radius 2 is 2.00 bits per heavy atom. The van der Waals surface area contributed by atoms with E-state index in [9.17, 15) is 9.59 Å². The summed E-state index contributed by atoms with van der Waals surface area (Å²) in [6.07, 6.45) is 2.90. The molecule has 2 aliphatic heterocycles. The van der Waals surface area contributed by atoms with Crippen LogP contribution in [0.1, 0.15) is 41.5 Å². The van der Waals surface area contributed by atoms with Crippen molar-refractivity contribution in [3.8, 4) is 6.07 Å². The molecule has 1 saturated heterocycles. The van der Waals surface area contributed by atoms with Gasteiger partial charge in [-0.25, -0.2) is 19.2 Å². The fourth-order valence-electron chi connectivity index (χ4n) is 5.73. The van der Waals surface area contributed by atoms with Gasteiger partial charge in [-0.05, 0) is 44.9 Å². The second kappa shape index (κ2) is 10.3. The Balaban J connectivity index is 1.12. The fraction of sp³-hybridized carbons (Fsp3) is 0.429. The molecule has 2 aromatic heterocycles. The van der Waals surface area contributed by atoms with E-state index in [4.69, 9.17) is 5.26 Å². The Morgan fingerprint density at radius 3 is 2.70 bits per heavy atom. The SMILES string of the molecule is CCn1c2c3c(cc(CN4CCN(c5ccc(C(=O)NC6CC(C#N)C6)nc5C)CC4)c(F)c3nc1=O)NC=N2. The summed E-state index contributed by atoms with van der Waals surface area (Å²) in [6, 6.07) is 7.71. The number of aromatic nitrogens is 3. The lowest BCUT2D eigenvalue weighted by Crippen LogP contribution is -2.46. The number of rotatable bonds is 6. The molecule has 40 heavy (non-hydrogen) atoms. The average Bonchev–Trinajstić information content (AvgIpc) is 2.93. The van der Waals surface area contributed by atoms with Gasteiger partial charge in [-0.1, -0.05) is 0 Å². The number of amides is 1. The maximum Gasteiger partial charge on any atom is 0.349 e. The molecule has 12 heteroatoms. The van der Waals surface area contributed by atoms with Gasteiger partial charge in [0.1, 0.15) is 17.0 Å². The summed E-state index contributed by atoms with van der Waals surface area (Å²) in [5, 5.41) is 15.5. The zero-order chi connectivity index (χ0) is 28.0. The first-order valence-electron chi connectivity index (χ1n) is 13.6. The molecule has 2 fully saturated rings. The van der Waals surface area contributed by atoms with Crippen molar-refractivity contribution in [3.63, 3.8) is 0 Å². The topological polar surface area (TPSA) is 132 Å². The molecule has 0 spiro atoms. The summed E-state index contributed by atoms with van der Waals surface area (Å²) in [7, 11) is 0. The molecule has 206 valence electrons. The maximum absolute atomic E-state index is 15.6. The molecule has 1 aliphatic carbocycles. The molecule has 6 rings (SSSR count). The van der Waals surface area contributed by atoms with E-state index in [1.807, 2.05) is 19.9 Å². The second-order valence-electron chi connectivity index (χ2n) is 10.5. The van der Waals surface area contributed by atoms with E-state index in [1.165, 1.54) is 10.9 Å². The zero-order valence-corrected chi connectivity index (χ0v) is 22.4. The number of aliphatic imine (C=N–C) groups is 1. The van der Waals surface area contributed by atoms with Gasteiger partial charge in [0.05, 0.1) is 40.8 Å². The summed E-state index contributed by atoms with van der Waals surface area (Å²) in [6.45, 7) is 7.38. The number of aryl methyl sites for hydroxylation is 1. The lowest BCUT2D eigenvalue weighted by atomic mass is 9.81. The fourth-order valence-corrected chi connectivity index (χ4v) is 5.73. The largest absolute Gasteiger partial charge is 0.368 e. The van der Waals surface area contributed by atoms with Crippen molar-refractivity contribution in [1.82, 2.24) is 24.8 Å². The van der Waals surface area contributed by atoms with Gasteiger partial charge in [-0.15, -0.1) is 0 Å². The number of benzene rings is 1. The van der Waals surface area contributed by atoms with E-state index in [0.717, 1.165) is 24.5 Å². The Bertz CT molecular complexity index is 1630. The van der Waals surface area contributed by atoms with Crippen LogP contribution >= 0.6 is 0 Å². The second-order valence-corrected chi connectivity index (χ2v) is 10.5. The molecule has 1 amide bonds. The number of carbonyl (C=O) groups is 1. The van der Waals surface area contributed by atoms with Crippen LogP contribution in [-0.2, 0) is 13.1 Å². The number of pyridine rings is 1. The van der Waals surface area contributed by atoms with Crippen LogP contribution in [-0.4, -0.2) is 63.9 Å². The number of carbonyl (C=O) groups excluding carboxylic acids is 1. The van der Waals surface area contributed by atoms with Gasteiger partial charge in [-0.2, -0.15) is 10.2 Å². The summed E-state index contributed by atoms with van der Waals surface area (Å²) < 4.78 is 17.1. The third kappa shape index (κ3) is 4.56. The third-order valence-corrected chi connectivity index (χ3v) is 8.01. The summed E-state index contributed by atoms with van der Waals surface area (Å²) in [4.78, 5) is 42.4. The smallest absolute Gasteiger partial charge is 0.349 e. The van der Waals surface area contributed by atoms with Crippen molar-refractivity contribution in [2.45, 2.75) is 45.8 Å². The van der Waals surface area contributed by atoms with Crippen molar-refractivity contribution in [3.05, 3.63) is 51.5 Å². The van der Waals surface area contributed by atoms with Gasteiger partial charge in [0.25, 0.3) is 5.91 Å². The number of nitrogens with one attached hydrogen (secondary N) is 2. The van der Waals surface area contributed by atoms with Crippen molar-refractivity contribution >= 4 is 40.3 Å². The maximum atomic E-state index is 15.6. The standard InChI is InChI=1S/C28H30FN9O2/c1-3-38-26-23-21(31-15-32-26)12-18(24(29)25(23)35-28(38)40)14-36-6-8-37(9-7-36)22-5-4-20(33-16(22)2)27(39)34-19-10-17(11-19)13-30/h4-5,12,15,17,19H,3,6-11,14H2,1-2H3,(H,31,32)(H,34,39). The first kappa shape index (κ1) is 25.9. The molecule has 0 radical (unpaired) electrons. The van der Waals surface area contributed by atoms with E-state index in [-0.39, 0.29) is 23.4 Å². The molecular formula is C28H30FN9O2. The molecule has 1 saturated carbocycles. The number of piperazine rings is 1. The lowest BCUT2D eigenvalue weighted by molar-refractivity contribution is 0.0899. The van der Waals surface area contributed by atoms with Gasteiger partial charge in [0.2, 0.25) is 0 Å². The van der Waals surface area contributed by atoms with Crippen molar-refractivity contribution in [2.75, 3.05) is 36.4 Å². The van der Waals surface area contributed by atoms with Gasteiger partial charge in [-0.3, -0.25) is 14.3 Å². The van der Waals surface area contributed by atoms with E-state index in [0.29, 0.717) is 67.2 Å². The summed E-state index contributed by atoms with van der Waals surface area (Å²) in [5.74, 6) is -0.247. The Labute approximate surface area is 230 Å². The predicted molar refractivity (Wildman–Crippen MR) is 149 cm³/mol. The number of hydrogen-bond acceptors (Lipinski definition) is 9. The van der Waals surface area contributed by atoms with Gasteiger partial charge in [0.15, 0.2) is 5.82 Å². The molecule has 3 aliphatic rings. The number of nitriles is 1. The van der Waals surface area contributed by atoms with Crippen LogP contribution in [0.4, 0.5) is 21.6 Å². The molecule has 3 aromatic rings. The van der Waals surface area contributed by atoms with Crippen molar-refractivity contribution < 1.29 is 9.18 Å². The molecule has 2 N–H and O–H groups in total. The first-order valence-corrected chi connectivity index (χ1v) is 13.6. The molecule has 4 heterocycles. The van der Waals surface area contributed by atoms with Crippen molar-refractivity contribution in [2.24, 2.45) is 10.9 Å². The monoisotopic (exact) mass is 543 g/mol. The highest BCUT2D eigenvalue weighted by atomic mass is 19.1. The average molecular weight is 544 g/mol. The minimum Gasteiger partial charge on any atom is -0.368 e. The number of anilines is 2. The number of hydrogen-bond donors (Lipinski definition) is 2. The Morgan fingerprint density at radius 1 is 1.23 bits per heavy atom. The van der Waals surface area contributed by atoms with Crippen LogP contribution in [0, 0.1) is 30.0 Å². The lowest BCUT2D eigenvalue weighted by Gasteiger charge is -2.36. The minimum atomic E-state index is -0.511. The first-order chi connectivity index (χ1) is 19.4. The molecule has 0 atom stereocenters. The Kier molecular flexibility index (Phi) is 6.67. The van der Waals surface area contributed by atoms with Crippen LogP contribution in [0.2, 0.25) is 0 Å². The highest BCUT2D eigenvalue weighted by molar-refractivity contribution is 6.06. The normalized spacial score (nSPS) is 20.1. The van der Waals surface area contributed by atoms with Gasteiger partial charge >= 0.3 is 5.69 Å². The van der Waals surface area contributed by atoms with E-state index < -0.39 is 11.5 Å². The summed E-state index contributed by atoms with van der Waals surface area (Å²) in [5.41, 5.74) is 2.83. The number of halogens is 1. The molecule has 11 nitrogen and oxygen atoms in total. The van der Waals surface area contributed by atoms with Gasteiger partial charge in [0, 0.05) is 50.9 Å². The quantitative estimate of drug-likeness (QED) is 0.485. The van der Waals surface area contributed by atoms with E-state index >= 15 is 4.39 Å². The highest BCUT2D eigenvalue weighted by Crippen LogP contribution is 2.36. The van der Waals surface area contributed by atoms with Crippen molar-refractivity contribution in [1.29, 1.82) is 5.26 Å². The molecule has 0 unspecified atom stereocenters. The summed E-state index contributed by atoms with van der Waals surface area (Å²) >= 11 is 0. The van der Waals surface area contributed by atoms with E-state index in [2.05, 4.69) is 41.5 Å². The van der Waals surface area contributed by atoms with Crippen LogP contribution in [0.25, 0.3) is 10.9 Å². The van der Waals surface area contributed by atoms with Crippen LogP contribution in [0.5, 0.6) is 0 Å². The molecule has 0 bridgehead atoms. The molecular weight excluding hydrogens is 513 g/mol.